The molecule has 5 rings (SSSR count). The summed E-state index contributed by atoms with van der Waals surface area (Å²) in [5.41, 5.74) is 3.77. The molecule has 0 radical (unpaired) electrons. The highest BCUT2D eigenvalue weighted by atomic mass is 32.2. The lowest BCUT2D eigenvalue weighted by Gasteiger charge is -2.27. The Balaban J connectivity index is 1.88. The van der Waals surface area contributed by atoms with Crippen molar-refractivity contribution in [3.05, 3.63) is 150 Å². The van der Waals surface area contributed by atoms with Gasteiger partial charge in [0.05, 0.1) is 11.9 Å². The molecule has 212 valence electrons. The van der Waals surface area contributed by atoms with E-state index >= 15 is 0 Å². The van der Waals surface area contributed by atoms with E-state index in [2.05, 4.69) is 4.40 Å². The van der Waals surface area contributed by atoms with Gasteiger partial charge in [0, 0.05) is 15.9 Å². The van der Waals surface area contributed by atoms with Crippen LogP contribution in [-0.4, -0.2) is 14.4 Å². The Kier molecular flexibility index (Phi) is 8.58. The molecule has 5 aromatic carbocycles. The van der Waals surface area contributed by atoms with Gasteiger partial charge in [0.1, 0.15) is 5.75 Å². The summed E-state index contributed by atoms with van der Waals surface area (Å²) < 4.78 is 43.6. The quantitative estimate of drug-likeness (QED) is 0.119. The van der Waals surface area contributed by atoms with E-state index in [-0.39, 0.29) is 10.9 Å². The molecule has 5 aromatic rings. The predicted octanol–water partition coefficient (Wildman–Crippen LogP) is 7.22. The van der Waals surface area contributed by atoms with Crippen molar-refractivity contribution in [2.75, 3.05) is 0 Å². The highest BCUT2D eigenvalue weighted by molar-refractivity contribution is 7.90. The minimum atomic E-state index is -4.16. The minimum absolute atomic E-state index is 0.0739. The van der Waals surface area contributed by atoms with Gasteiger partial charge >= 0.3 is 6.02 Å². The van der Waals surface area contributed by atoms with Gasteiger partial charge in [0.15, 0.2) is 0 Å². The number of aryl methyl sites for hydroxylation is 4. The summed E-state index contributed by atoms with van der Waals surface area (Å²) in [5.74, 6) is 0.537. The lowest BCUT2D eigenvalue weighted by molar-refractivity contribution is 0.533. The smallest absolute Gasteiger partial charge is 0.332 e. The molecule has 0 heterocycles. The van der Waals surface area contributed by atoms with Crippen LogP contribution >= 0.6 is 7.05 Å². The Morgan fingerprint density at radius 1 is 0.595 bits per heavy atom. The molecule has 0 fully saturated rings. The maximum Gasteiger partial charge on any atom is 0.332 e. The van der Waals surface area contributed by atoms with Gasteiger partial charge in [-0.2, -0.15) is 8.42 Å². The largest absolute Gasteiger partial charge is 0.423 e. The summed E-state index contributed by atoms with van der Waals surface area (Å²) in [6.07, 6.45) is 0. The number of hydrogen-bond acceptors (Lipinski definition) is 3. The molecule has 0 atom stereocenters. The van der Waals surface area contributed by atoms with E-state index in [0.29, 0.717) is 5.75 Å². The summed E-state index contributed by atoms with van der Waals surface area (Å²) in [7, 11) is -7.03. The Labute approximate surface area is 248 Å². The van der Waals surface area contributed by atoms with Crippen LogP contribution in [0.5, 0.6) is 5.75 Å². The first kappa shape index (κ1) is 29.2. The zero-order valence-corrected chi connectivity index (χ0v) is 25.8. The van der Waals surface area contributed by atoms with Gasteiger partial charge in [-0.15, -0.1) is 4.40 Å². The molecule has 0 aliphatic carbocycles. The minimum Gasteiger partial charge on any atom is -0.423 e. The van der Waals surface area contributed by atoms with Crippen molar-refractivity contribution in [3.8, 4) is 5.75 Å². The molecule has 0 spiro atoms. The predicted molar refractivity (Wildman–Crippen MR) is 175 cm³/mol. The number of hydrogen-bond donors (Lipinski definition) is 0. The third-order valence-corrected chi connectivity index (χ3v) is 11.8. The average molecular weight is 593 g/mol. The SMILES string of the molecule is Cc1ccc(S(=O)(=O)/N=C(/N=P(c2ccccc2)(c2ccccc2)c2ccccc2)Oc2c(C)cc(C)cc2C)cc1. The Morgan fingerprint density at radius 3 is 1.45 bits per heavy atom. The highest BCUT2D eigenvalue weighted by Crippen LogP contribution is 2.47. The molecule has 5 nitrogen and oxygen atoms in total. The van der Waals surface area contributed by atoms with Crippen molar-refractivity contribution in [1.82, 2.24) is 0 Å². The van der Waals surface area contributed by atoms with Crippen molar-refractivity contribution < 1.29 is 13.2 Å². The number of amidine groups is 1. The van der Waals surface area contributed by atoms with Crippen LogP contribution in [0.25, 0.3) is 0 Å². The van der Waals surface area contributed by atoms with E-state index in [1.165, 1.54) is 0 Å². The molecule has 0 aromatic heterocycles. The van der Waals surface area contributed by atoms with Crippen molar-refractivity contribution >= 4 is 39.0 Å². The maximum atomic E-state index is 13.7. The van der Waals surface area contributed by atoms with E-state index in [1.807, 2.05) is 131 Å². The third-order valence-electron chi connectivity index (χ3n) is 6.94. The van der Waals surface area contributed by atoms with Crippen LogP contribution in [0.2, 0.25) is 0 Å². The Bertz CT molecular complexity index is 1760. The molecule has 0 saturated heterocycles. The van der Waals surface area contributed by atoms with Crippen molar-refractivity contribution in [2.24, 2.45) is 9.14 Å². The monoisotopic (exact) mass is 592 g/mol. The van der Waals surface area contributed by atoms with Gasteiger partial charge in [-0.3, -0.25) is 0 Å². The fourth-order valence-corrected chi connectivity index (χ4v) is 9.35. The number of benzene rings is 5. The molecular formula is C35H33N2O3PS. The number of nitrogens with zero attached hydrogens (tertiary/aromatic N) is 2. The zero-order chi connectivity index (χ0) is 29.7. The second-order valence-corrected chi connectivity index (χ2v) is 14.9. The summed E-state index contributed by atoms with van der Waals surface area (Å²) in [4.78, 5) is 0.0739. The molecule has 0 saturated carbocycles. The zero-order valence-electron chi connectivity index (χ0n) is 24.1. The molecule has 0 aliphatic heterocycles. The second-order valence-electron chi connectivity index (χ2n) is 10.2. The fourth-order valence-electron chi connectivity index (χ4n) is 5.02. The van der Waals surface area contributed by atoms with Gasteiger partial charge in [0.2, 0.25) is 0 Å². The molecule has 0 amide bonds. The second kappa shape index (κ2) is 12.3. The van der Waals surface area contributed by atoms with E-state index in [4.69, 9.17) is 9.48 Å². The van der Waals surface area contributed by atoms with E-state index in [0.717, 1.165) is 38.2 Å². The van der Waals surface area contributed by atoms with Crippen molar-refractivity contribution in [3.63, 3.8) is 0 Å². The number of rotatable bonds is 6. The standard InChI is InChI=1S/C35H33N2O3PS/c1-26-20-22-33(23-21-26)42(38,39)37-35(40-34-28(3)24-27(2)25-29(34)4)36-41(30-14-8-5-9-15-30,31-16-10-6-11-17-31)32-18-12-7-13-19-32/h5-25H,1-4H3/b37-35-. The number of sulfonamides is 1. The van der Waals surface area contributed by atoms with Crippen LogP contribution < -0.4 is 20.7 Å². The summed E-state index contributed by atoms with van der Waals surface area (Å²) in [5, 5.41) is 2.84. The van der Waals surface area contributed by atoms with Gasteiger partial charge in [-0.05, 0) is 51.0 Å². The summed E-state index contributed by atoms with van der Waals surface area (Å²) in [6.45, 7) is 7.80. The van der Waals surface area contributed by atoms with Crippen molar-refractivity contribution in [1.29, 1.82) is 0 Å². The maximum absolute atomic E-state index is 13.7. The van der Waals surface area contributed by atoms with Crippen LogP contribution in [0.3, 0.4) is 0 Å². The van der Waals surface area contributed by atoms with Gasteiger partial charge in [-0.1, -0.05) is 126 Å². The van der Waals surface area contributed by atoms with Crippen LogP contribution in [-0.2, 0) is 10.0 Å². The molecule has 42 heavy (non-hydrogen) atoms. The van der Waals surface area contributed by atoms with Gasteiger partial charge < -0.3 is 4.74 Å². The topological polar surface area (TPSA) is 68.1 Å². The first-order chi connectivity index (χ1) is 20.2. The number of ether oxygens (including phenoxy) is 1. The first-order valence-corrected chi connectivity index (χ1v) is 16.8. The lowest BCUT2D eigenvalue weighted by atomic mass is 10.1. The van der Waals surface area contributed by atoms with Gasteiger partial charge in [-0.25, -0.2) is 4.74 Å². The van der Waals surface area contributed by atoms with Crippen LogP contribution in [0.4, 0.5) is 0 Å². The van der Waals surface area contributed by atoms with E-state index < -0.39 is 17.1 Å². The Morgan fingerprint density at radius 2 is 1.02 bits per heavy atom. The van der Waals surface area contributed by atoms with E-state index in [1.54, 1.807) is 24.3 Å². The summed E-state index contributed by atoms with van der Waals surface area (Å²) in [6, 6.07) is 40.3. The molecular weight excluding hydrogens is 559 g/mol. The Hall–Kier alpha value is -4.25. The molecule has 0 bridgehead atoms. The third kappa shape index (κ3) is 6.15. The van der Waals surface area contributed by atoms with Gasteiger partial charge in [0.25, 0.3) is 10.0 Å². The average Bonchev–Trinajstić information content (AvgIpc) is 2.99. The highest BCUT2D eigenvalue weighted by Gasteiger charge is 2.30. The molecule has 7 heteroatoms. The van der Waals surface area contributed by atoms with Crippen LogP contribution in [0.15, 0.2) is 141 Å². The van der Waals surface area contributed by atoms with E-state index in [9.17, 15) is 8.42 Å². The fraction of sp³-hybridized carbons (Fsp3) is 0.114. The molecule has 0 N–H and O–H groups in total. The molecule has 0 unspecified atom stereocenters. The van der Waals surface area contributed by atoms with Crippen LogP contribution in [0, 0.1) is 27.7 Å². The lowest BCUT2D eigenvalue weighted by Crippen LogP contribution is -2.27. The molecule has 0 aliphatic rings. The normalized spacial score (nSPS) is 12.1. The first-order valence-electron chi connectivity index (χ1n) is 13.7. The summed E-state index contributed by atoms with van der Waals surface area (Å²) >= 11 is 0. The van der Waals surface area contributed by atoms with Crippen molar-refractivity contribution in [2.45, 2.75) is 32.6 Å². The van der Waals surface area contributed by atoms with Crippen LogP contribution in [0.1, 0.15) is 22.3 Å².